The summed E-state index contributed by atoms with van der Waals surface area (Å²) in [6.45, 7) is 0. The molecule has 0 rings (SSSR count). The quantitative estimate of drug-likeness (QED) is 0.470. The van der Waals surface area contributed by atoms with Crippen molar-refractivity contribution in [3.05, 3.63) is 0 Å². The molecule has 0 aliphatic rings. The van der Waals surface area contributed by atoms with Crippen LogP contribution in [0.5, 0.6) is 0 Å². The lowest BCUT2D eigenvalue weighted by Crippen LogP contribution is -1.93. The van der Waals surface area contributed by atoms with Gasteiger partial charge < -0.3 is 9.05 Å². The number of thiocarbonyl (C=S) groups is 1. The average molecular weight is 168 g/mol. The topological polar surface area (TPSA) is 35.5 Å². The van der Waals surface area contributed by atoms with Crippen molar-refractivity contribution in [2.45, 2.75) is 0 Å². The molecule has 3 nitrogen and oxygen atoms in total. The van der Waals surface area contributed by atoms with E-state index >= 15 is 0 Å². The third-order valence-electron chi connectivity index (χ3n) is 0.854. The molecule has 0 atom stereocenters. The minimum absolute atomic E-state index is 0.190. The van der Waals surface area contributed by atoms with Gasteiger partial charge in [-0.1, -0.05) is 12.2 Å². The molecule has 0 saturated carbocycles. The first-order valence-corrected chi connectivity index (χ1v) is 4.52. The van der Waals surface area contributed by atoms with Crippen LogP contribution in [0.3, 0.4) is 0 Å². The summed E-state index contributed by atoms with van der Waals surface area (Å²) in [4.78, 5) is 0. The monoisotopic (exact) mass is 168 g/mol. The lowest BCUT2D eigenvalue weighted by atomic mass is 11.0. The van der Waals surface area contributed by atoms with Gasteiger partial charge in [-0.05, 0) is 5.37 Å². The van der Waals surface area contributed by atoms with E-state index in [1.54, 1.807) is 0 Å². The molecule has 0 N–H and O–H groups in total. The van der Waals surface area contributed by atoms with E-state index in [-0.39, 0.29) is 6.16 Å². The van der Waals surface area contributed by atoms with Crippen molar-refractivity contribution in [1.29, 1.82) is 0 Å². The molecule has 0 fully saturated rings. The summed E-state index contributed by atoms with van der Waals surface area (Å²) in [6.07, 6.45) is 0.190. The van der Waals surface area contributed by atoms with E-state index in [9.17, 15) is 4.57 Å². The standard InChI is InChI=1S/C4H9O3PS/c1-6-8(5,7-2)3-4-9/h4H,3H2,1-2H3. The maximum Gasteiger partial charge on any atom is 0.334 e. The van der Waals surface area contributed by atoms with Gasteiger partial charge in [0.2, 0.25) is 0 Å². The van der Waals surface area contributed by atoms with Crippen LogP contribution in [0.15, 0.2) is 0 Å². The molecule has 0 amide bonds. The van der Waals surface area contributed by atoms with Crippen LogP contribution in [0, 0.1) is 0 Å². The normalized spacial score (nSPS) is 11.3. The zero-order valence-corrected chi connectivity index (χ0v) is 7.08. The van der Waals surface area contributed by atoms with Crippen molar-refractivity contribution >= 4 is 25.2 Å². The molecule has 0 aliphatic heterocycles. The molecule has 0 aromatic rings. The van der Waals surface area contributed by atoms with E-state index in [0.717, 1.165) is 0 Å². The van der Waals surface area contributed by atoms with E-state index in [1.807, 2.05) is 0 Å². The molecule has 5 heteroatoms. The first-order chi connectivity index (χ1) is 4.18. The lowest BCUT2D eigenvalue weighted by Gasteiger charge is -2.09. The van der Waals surface area contributed by atoms with Gasteiger partial charge in [-0.3, -0.25) is 4.57 Å². The van der Waals surface area contributed by atoms with Crippen LogP contribution in [0.2, 0.25) is 0 Å². The second-order valence-corrected chi connectivity index (χ2v) is 3.98. The van der Waals surface area contributed by atoms with Crippen LogP contribution in [0.1, 0.15) is 0 Å². The molecule has 9 heavy (non-hydrogen) atoms. The molecule has 0 bridgehead atoms. The fourth-order valence-electron chi connectivity index (χ4n) is 0.315. The maximum absolute atomic E-state index is 11.0. The van der Waals surface area contributed by atoms with Crippen LogP contribution in [-0.2, 0) is 13.6 Å². The van der Waals surface area contributed by atoms with E-state index in [0.29, 0.717) is 0 Å². The fraction of sp³-hybridized carbons (Fsp3) is 0.750. The minimum Gasteiger partial charge on any atom is -0.312 e. The van der Waals surface area contributed by atoms with Gasteiger partial charge >= 0.3 is 7.60 Å². The third kappa shape index (κ3) is 3.06. The third-order valence-corrected chi connectivity index (χ3v) is 3.01. The van der Waals surface area contributed by atoms with Gasteiger partial charge in [0.15, 0.2) is 0 Å². The molecular weight excluding hydrogens is 159 g/mol. The van der Waals surface area contributed by atoms with E-state index in [1.165, 1.54) is 19.6 Å². The predicted octanol–water partition coefficient (Wildman–Crippen LogP) is 1.47. The maximum atomic E-state index is 11.0. The molecule has 0 spiro atoms. The molecule has 0 heterocycles. The van der Waals surface area contributed by atoms with E-state index in [2.05, 4.69) is 21.3 Å². The van der Waals surface area contributed by atoms with Crippen molar-refractivity contribution in [2.24, 2.45) is 0 Å². The molecule has 0 saturated heterocycles. The zero-order valence-electron chi connectivity index (χ0n) is 5.36. The highest BCUT2D eigenvalue weighted by Crippen LogP contribution is 2.44. The van der Waals surface area contributed by atoms with E-state index < -0.39 is 7.60 Å². The van der Waals surface area contributed by atoms with Crippen LogP contribution in [0.25, 0.3) is 0 Å². The van der Waals surface area contributed by atoms with Crippen LogP contribution < -0.4 is 0 Å². The predicted molar refractivity (Wildman–Crippen MR) is 40.1 cm³/mol. The Balaban J connectivity index is 3.93. The highest BCUT2D eigenvalue weighted by Gasteiger charge is 2.17. The summed E-state index contributed by atoms with van der Waals surface area (Å²) < 4.78 is 20.1. The molecule has 0 aliphatic carbocycles. The van der Waals surface area contributed by atoms with Gasteiger partial charge in [0.1, 0.15) is 0 Å². The van der Waals surface area contributed by atoms with Gasteiger partial charge in [0.05, 0.1) is 6.16 Å². The average Bonchev–Trinajstić information content (AvgIpc) is 1.89. The van der Waals surface area contributed by atoms with Crippen LogP contribution >= 0.6 is 19.8 Å². The summed E-state index contributed by atoms with van der Waals surface area (Å²) >= 11 is 4.48. The van der Waals surface area contributed by atoms with Gasteiger partial charge in [-0.15, -0.1) is 0 Å². The van der Waals surface area contributed by atoms with Crippen molar-refractivity contribution in [3.63, 3.8) is 0 Å². The Bertz CT molecular complexity index is 128. The lowest BCUT2D eigenvalue weighted by molar-refractivity contribution is 0.280. The minimum atomic E-state index is -2.84. The Hall–Kier alpha value is 0.240. The van der Waals surface area contributed by atoms with Gasteiger partial charge in [0, 0.05) is 14.2 Å². The molecule has 54 valence electrons. The second-order valence-electron chi connectivity index (χ2n) is 1.33. The Kier molecular flexibility index (Phi) is 4.23. The van der Waals surface area contributed by atoms with Crippen molar-refractivity contribution in [3.8, 4) is 0 Å². The van der Waals surface area contributed by atoms with Gasteiger partial charge in [-0.25, -0.2) is 0 Å². The summed E-state index contributed by atoms with van der Waals surface area (Å²) in [5.74, 6) is 0. The highest BCUT2D eigenvalue weighted by molar-refractivity contribution is 7.80. The van der Waals surface area contributed by atoms with E-state index in [4.69, 9.17) is 0 Å². The molecular formula is C4H9O3PS. The summed E-state index contributed by atoms with van der Waals surface area (Å²) in [6, 6.07) is 0. The first kappa shape index (κ1) is 9.24. The number of rotatable bonds is 4. The zero-order chi connectivity index (χ0) is 7.33. The highest BCUT2D eigenvalue weighted by atomic mass is 32.1. The molecule has 0 unspecified atom stereocenters. The molecule has 0 aromatic carbocycles. The van der Waals surface area contributed by atoms with Crippen LogP contribution in [0.4, 0.5) is 0 Å². The summed E-state index contributed by atoms with van der Waals surface area (Å²) in [5.41, 5.74) is 0. The second kappa shape index (κ2) is 4.12. The molecule has 0 radical (unpaired) electrons. The largest absolute Gasteiger partial charge is 0.334 e. The van der Waals surface area contributed by atoms with Gasteiger partial charge in [0.25, 0.3) is 0 Å². The van der Waals surface area contributed by atoms with Gasteiger partial charge in [-0.2, -0.15) is 0 Å². The Morgan fingerprint density at radius 1 is 1.56 bits per heavy atom. The number of hydrogen-bond acceptors (Lipinski definition) is 4. The summed E-state index contributed by atoms with van der Waals surface area (Å²) in [7, 11) is -0.168. The Morgan fingerprint density at radius 2 is 2.00 bits per heavy atom. The van der Waals surface area contributed by atoms with Crippen molar-refractivity contribution < 1.29 is 13.6 Å². The molecule has 0 aromatic heterocycles. The van der Waals surface area contributed by atoms with Crippen molar-refractivity contribution in [2.75, 3.05) is 20.4 Å². The van der Waals surface area contributed by atoms with Crippen molar-refractivity contribution in [1.82, 2.24) is 0 Å². The Labute approximate surface area is 59.9 Å². The first-order valence-electron chi connectivity index (χ1n) is 2.32. The Morgan fingerprint density at radius 3 is 2.11 bits per heavy atom. The fourth-order valence-corrected chi connectivity index (χ4v) is 1.49. The van der Waals surface area contributed by atoms with Crippen LogP contribution in [-0.4, -0.2) is 25.7 Å². The SMILES string of the molecule is COP(=O)(CC=S)OC. The number of hydrogen-bond donors (Lipinski definition) is 0. The smallest absolute Gasteiger partial charge is 0.312 e. The summed E-state index contributed by atoms with van der Waals surface area (Å²) in [5, 5.41) is 1.34.